The van der Waals surface area contributed by atoms with Crippen LogP contribution >= 0.6 is 0 Å². The standard InChI is InChI=1S/C17H23N5O/c1-2-22(17-7-5-9-19-20-17)14-16-13-21(10-11-23-16)12-15-6-3-4-8-18-15/h3-9,16H,2,10-14H2,1H3/t16-/m1/s1. The van der Waals surface area contributed by atoms with E-state index in [1.807, 2.05) is 30.5 Å². The molecule has 0 N–H and O–H groups in total. The van der Waals surface area contributed by atoms with Crippen LogP contribution in [-0.2, 0) is 11.3 Å². The van der Waals surface area contributed by atoms with Crippen LogP contribution in [0.25, 0.3) is 0 Å². The number of hydrogen-bond donors (Lipinski definition) is 0. The van der Waals surface area contributed by atoms with Gasteiger partial charge in [-0.25, -0.2) is 0 Å². The first-order valence-corrected chi connectivity index (χ1v) is 8.11. The van der Waals surface area contributed by atoms with Gasteiger partial charge in [-0.15, -0.1) is 5.10 Å². The zero-order chi connectivity index (χ0) is 15.9. The molecule has 0 radical (unpaired) electrons. The number of ether oxygens (including phenoxy) is 1. The largest absolute Gasteiger partial charge is 0.374 e. The number of pyridine rings is 1. The summed E-state index contributed by atoms with van der Waals surface area (Å²) in [6.45, 7) is 7.33. The van der Waals surface area contributed by atoms with E-state index in [0.717, 1.165) is 50.8 Å². The minimum Gasteiger partial charge on any atom is -0.374 e. The minimum atomic E-state index is 0.175. The van der Waals surface area contributed by atoms with Crippen molar-refractivity contribution >= 4 is 5.82 Å². The lowest BCUT2D eigenvalue weighted by Gasteiger charge is -2.35. The molecule has 0 aromatic carbocycles. The molecule has 1 atom stereocenters. The number of morpholine rings is 1. The zero-order valence-electron chi connectivity index (χ0n) is 13.5. The van der Waals surface area contributed by atoms with Crippen molar-refractivity contribution < 1.29 is 4.74 Å². The molecule has 3 rings (SSSR count). The van der Waals surface area contributed by atoms with Crippen molar-refractivity contribution in [2.24, 2.45) is 0 Å². The zero-order valence-corrected chi connectivity index (χ0v) is 13.5. The first kappa shape index (κ1) is 15.8. The maximum atomic E-state index is 5.95. The van der Waals surface area contributed by atoms with Gasteiger partial charge in [-0.05, 0) is 31.2 Å². The van der Waals surface area contributed by atoms with Gasteiger partial charge < -0.3 is 9.64 Å². The summed E-state index contributed by atoms with van der Waals surface area (Å²) < 4.78 is 5.95. The fourth-order valence-electron chi connectivity index (χ4n) is 2.85. The monoisotopic (exact) mass is 313 g/mol. The fourth-order valence-corrected chi connectivity index (χ4v) is 2.85. The number of hydrogen-bond acceptors (Lipinski definition) is 6. The molecular weight excluding hydrogens is 290 g/mol. The molecule has 1 fully saturated rings. The van der Waals surface area contributed by atoms with Crippen LogP contribution in [0.15, 0.2) is 42.7 Å². The minimum absolute atomic E-state index is 0.175. The van der Waals surface area contributed by atoms with Crippen molar-refractivity contribution in [1.29, 1.82) is 0 Å². The van der Waals surface area contributed by atoms with Crippen LogP contribution in [0.4, 0.5) is 5.82 Å². The molecule has 122 valence electrons. The van der Waals surface area contributed by atoms with Gasteiger partial charge in [-0.1, -0.05) is 6.07 Å². The Kier molecular flexibility index (Phi) is 5.50. The molecule has 1 aliphatic rings. The van der Waals surface area contributed by atoms with Crippen LogP contribution in [0, 0.1) is 0 Å². The summed E-state index contributed by atoms with van der Waals surface area (Å²) in [6, 6.07) is 9.96. The van der Waals surface area contributed by atoms with Gasteiger partial charge in [0.2, 0.25) is 0 Å². The molecule has 0 aliphatic carbocycles. The van der Waals surface area contributed by atoms with Crippen LogP contribution in [0.2, 0.25) is 0 Å². The quantitative estimate of drug-likeness (QED) is 0.807. The van der Waals surface area contributed by atoms with Crippen molar-refractivity contribution in [3.63, 3.8) is 0 Å². The van der Waals surface area contributed by atoms with E-state index in [1.54, 1.807) is 6.20 Å². The van der Waals surface area contributed by atoms with E-state index in [0.29, 0.717) is 0 Å². The fraction of sp³-hybridized carbons (Fsp3) is 0.471. The van der Waals surface area contributed by atoms with Crippen molar-refractivity contribution in [2.45, 2.75) is 19.6 Å². The van der Waals surface area contributed by atoms with Crippen molar-refractivity contribution in [3.05, 3.63) is 48.4 Å². The summed E-state index contributed by atoms with van der Waals surface area (Å²) in [5.41, 5.74) is 1.11. The number of aromatic nitrogens is 3. The first-order chi connectivity index (χ1) is 11.3. The molecule has 6 heteroatoms. The highest BCUT2D eigenvalue weighted by Gasteiger charge is 2.23. The highest BCUT2D eigenvalue weighted by molar-refractivity contribution is 5.36. The van der Waals surface area contributed by atoms with E-state index in [1.165, 1.54) is 0 Å². The molecule has 0 amide bonds. The predicted molar refractivity (Wildman–Crippen MR) is 89.2 cm³/mol. The number of likely N-dealkylation sites (N-methyl/N-ethyl adjacent to an activating group) is 1. The first-order valence-electron chi connectivity index (χ1n) is 8.11. The average Bonchev–Trinajstić information content (AvgIpc) is 2.62. The Hall–Kier alpha value is -2.05. The van der Waals surface area contributed by atoms with Gasteiger partial charge in [-0.3, -0.25) is 9.88 Å². The van der Waals surface area contributed by atoms with E-state index >= 15 is 0 Å². The normalized spacial score (nSPS) is 18.7. The summed E-state index contributed by atoms with van der Waals surface area (Å²) in [5, 5.41) is 8.17. The Morgan fingerprint density at radius 2 is 2.22 bits per heavy atom. The Labute approximate surface area is 137 Å². The second-order valence-corrected chi connectivity index (χ2v) is 5.67. The Morgan fingerprint density at radius 1 is 1.26 bits per heavy atom. The molecule has 3 heterocycles. The molecule has 6 nitrogen and oxygen atoms in total. The average molecular weight is 313 g/mol. The van der Waals surface area contributed by atoms with Crippen LogP contribution in [0.1, 0.15) is 12.6 Å². The van der Waals surface area contributed by atoms with Crippen molar-refractivity contribution in [1.82, 2.24) is 20.1 Å². The molecular formula is C17H23N5O. The third-order valence-corrected chi connectivity index (χ3v) is 4.02. The second-order valence-electron chi connectivity index (χ2n) is 5.67. The number of anilines is 1. The molecule has 2 aromatic heterocycles. The molecule has 0 saturated carbocycles. The van der Waals surface area contributed by atoms with Crippen molar-refractivity contribution in [3.8, 4) is 0 Å². The lowest BCUT2D eigenvalue weighted by Crippen LogP contribution is -2.47. The number of rotatable bonds is 6. The number of nitrogens with zero attached hydrogens (tertiary/aromatic N) is 5. The van der Waals surface area contributed by atoms with Gasteiger partial charge in [0, 0.05) is 45.1 Å². The van der Waals surface area contributed by atoms with Gasteiger partial charge in [0.15, 0.2) is 5.82 Å². The van der Waals surface area contributed by atoms with E-state index in [4.69, 9.17) is 4.74 Å². The van der Waals surface area contributed by atoms with Gasteiger partial charge in [0.05, 0.1) is 18.4 Å². The molecule has 23 heavy (non-hydrogen) atoms. The Morgan fingerprint density at radius 3 is 2.96 bits per heavy atom. The topological polar surface area (TPSA) is 54.4 Å². The maximum Gasteiger partial charge on any atom is 0.151 e. The van der Waals surface area contributed by atoms with Crippen LogP contribution in [0.3, 0.4) is 0 Å². The van der Waals surface area contributed by atoms with Crippen LogP contribution in [-0.4, -0.2) is 59.0 Å². The summed E-state index contributed by atoms with van der Waals surface area (Å²) in [5.74, 6) is 0.903. The van der Waals surface area contributed by atoms with E-state index in [2.05, 4.69) is 38.0 Å². The van der Waals surface area contributed by atoms with Crippen molar-refractivity contribution in [2.75, 3.05) is 37.7 Å². The lowest BCUT2D eigenvalue weighted by atomic mass is 10.2. The third kappa shape index (κ3) is 4.46. The van der Waals surface area contributed by atoms with Gasteiger partial charge in [-0.2, -0.15) is 5.10 Å². The maximum absolute atomic E-state index is 5.95. The Bertz CT molecular complexity index is 580. The molecule has 1 saturated heterocycles. The summed E-state index contributed by atoms with van der Waals surface area (Å²) in [7, 11) is 0. The molecule has 1 aliphatic heterocycles. The predicted octanol–water partition coefficient (Wildman–Crippen LogP) is 1.60. The van der Waals surface area contributed by atoms with Gasteiger partial charge in [0.25, 0.3) is 0 Å². The van der Waals surface area contributed by atoms with Gasteiger partial charge in [0.1, 0.15) is 0 Å². The van der Waals surface area contributed by atoms with Crippen LogP contribution in [0.5, 0.6) is 0 Å². The summed E-state index contributed by atoms with van der Waals surface area (Å²) in [4.78, 5) is 9.03. The van der Waals surface area contributed by atoms with E-state index in [9.17, 15) is 0 Å². The second kappa shape index (κ2) is 7.99. The molecule has 2 aromatic rings. The molecule has 0 bridgehead atoms. The van der Waals surface area contributed by atoms with Crippen LogP contribution < -0.4 is 4.90 Å². The lowest BCUT2D eigenvalue weighted by molar-refractivity contribution is -0.0272. The summed E-state index contributed by atoms with van der Waals surface area (Å²) >= 11 is 0. The molecule has 0 spiro atoms. The summed E-state index contributed by atoms with van der Waals surface area (Å²) in [6.07, 6.45) is 3.72. The van der Waals surface area contributed by atoms with E-state index in [-0.39, 0.29) is 6.10 Å². The Balaban J connectivity index is 1.57. The van der Waals surface area contributed by atoms with E-state index < -0.39 is 0 Å². The smallest absolute Gasteiger partial charge is 0.151 e. The molecule has 0 unspecified atom stereocenters. The highest BCUT2D eigenvalue weighted by atomic mass is 16.5. The third-order valence-electron chi connectivity index (χ3n) is 4.02. The highest BCUT2D eigenvalue weighted by Crippen LogP contribution is 2.14. The van der Waals surface area contributed by atoms with Gasteiger partial charge >= 0.3 is 0 Å². The SMILES string of the molecule is CCN(C[C@H]1CN(Cc2ccccn2)CCO1)c1cccnn1.